The van der Waals surface area contributed by atoms with Crippen LogP contribution in [0.4, 0.5) is 0 Å². The first kappa shape index (κ1) is 11.7. The number of carbonyl (C=O) groups is 2. The van der Waals surface area contributed by atoms with Gasteiger partial charge in [-0.3, -0.25) is 4.79 Å². The molecule has 1 aliphatic heterocycles. The fourth-order valence-electron chi connectivity index (χ4n) is 1.54. The Balaban J connectivity index is 2.77. The van der Waals surface area contributed by atoms with Crippen molar-refractivity contribution in [1.29, 1.82) is 0 Å². The van der Waals surface area contributed by atoms with Crippen molar-refractivity contribution in [2.24, 2.45) is 0 Å². The maximum Gasteiger partial charge on any atom is 0.336 e. The topological polar surface area (TPSA) is 55.8 Å². The molecule has 0 bridgehead atoms. The first-order valence-corrected chi connectivity index (χ1v) is 4.69. The molecule has 0 fully saturated rings. The Kier molecular flexibility index (Phi) is 3.85. The van der Waals surface area contributed by atoms with Crippen molar-refractivity contribution < 1.29 is 19.1 Å². The zero-order valence-electron chi connectivity index (χ0n) is 9.20. The molecule has 1 heterocycles. The van der Waals surface area contributed by atoms with Gasteiger partial charge in [0.05, 0.1) is 25.7 Å². The van der Waals surface area contributed by atoms with Crippen molar-refractivity contribution in [3.05, 3.63) is 11.3 Å². The predicted octanol–water partition coefficient (Wildman–Crippen LogP) is 0.312. The fraction of sp³-hybridized carbons (Fsp3) is 0.600. The summed E-state index contributed by atoms with van der Waals surface area (Å²) in [7, 11) is 2.88. The number of carbonyl (C=O) groups excluding carboxylic acids is 2. The van der Waals surface area contributed by atoms with Crippen molar-refractivity contribution in [3.63, 3.8) is 0 Å². The van der Waals surface area contributed by atoms with Gasteiger partial charge in [0.25, 0.3) is 0 Å². The monoisotopic (exact) mass is 213 g/mol. The van der Waals surface area contributed by atoms with Crippen LogP contribution in [0.2, 0.25) is 0 Å². The van der Waals surface area contributed by atoms with Crippen LogP contribution in [0.25, 0.3) is 0 Å². The van der Waals surface area contributed by atoms with Gasteiger partial charge < -0.3 is 14.4 Å². The van der Waals surface area contributed by atoms with Crippen LogP contribution >= 0.6 is 0 Å². The summed E-state index contributed by atoms with van der Waals surface area (Å²) < 4.78 is 9.49. The number of methoxy groups -OCH3 is 2. The summed E-state index contributed by atoms with van der Waals surface area (Å²) in [4.78, 5) is 24.4. The summed E-state index contributed by atoms with van der Waals surface area (Å²) >= 11 is 0. The second-order valence-corrected chi connectivity index (χ2v) is 3.27. The molecule has 0 saturated heterocycles. The highest BCUT2D eigenvalue weighted by Crippen LogP contribution is 2.24. The van der Waals surface area contributed by atoms with Gasteiger partial charge >= 0.3 is 5.97 Å². The van der Waals surface area contributed by atoms with Gasteiger partial charge in [-0.05, 0) is 6.92 Å². The van der Waals surface area contributed by atoms with E-state index in [0.29, 0.717) is 24.4 Å². The minimum Gasteiger partial charge on any atom is -0.466 e. The van der Waals surface area contributed by atoms with Gasteiger partial charge in [0, 0.05) is 19.4 Å². The van der Waals surface area contributed by atoms with Crippen LogP contribution in [0.5, 0.6) is 0 Å². The predicted molar refractivity (Wildman–Crippen MR) is 52.9 cm³/mol. The Hall–Kier alpha value is -1.36. The van der Waals surface area contributed by atoms with E-state index in [1.54, 1.807) is 18.9 Å². The Morgan fingerprint density at radius 2 is 2.13 bits per heavy atom. The molecule has 84 valence electrons. The molecule has 0 radical (unpaired) electrons. The number of hydrogen-bond donors (Lipinski definition) is 0. The molecule has 5 nitrogen and oxygen atoms in total. The Morgan fingerprint density at radius 1 is 1.47 bits per heavy atom. The van der Waals surface area contributed by atoms with Crippen LogP contribution in [0, 0.1) is 0 Å². The van der Waals surface area contributed by atoms with Crippen LogP contribution in [0.15, 0.2) is 11.3 Å². The van der Waals surface area contributed by atoms with Gasteiger partial charge in [0.1, 0.15) is 0 Å². The lowest BCUT2D eigenvalue weighted by Crippen LogP contribution is -2.27. The maximum absolute atomic E-state index is 11.5. The maximum atomic E-state index is 11.5. The number of amides is 1. The zero-order valence-corrected chi connectivity index (χ0v) is 9.20. The standard InChI is InChI=1S/C10H15NO4/c1-7-8(10(13)15-3)6-9(12)11(7)4-5-14-2/h4-6H2,1-3H3. The molecule has 15 heavy (non-hydrogen) atoms. The fourth-order valence-corrected chi connectivity index (χ4v) is 1.54. The molecule has 0 saturated carbocycles. The van der Waals surface area contributed by atoms with Gasteiger partial charge in [-0.15, -0.1) is 0 Å². The molecule has 0 unspecified atom stereocenters. The number of hydrogen-bond acceptors (Lipinski definition) is 4. The van der Waals surface area contributed by atoms with E-state index >= 15 is 0 Å². The van der Waals surface area contributed by atoms with Crippen LogP contribution in [-0.2, 0) is 19.1 Å². The molecule has 0 aromatic carbocycles. The second kappa shape index (κ2) is 4.93. The van der Waals surface area contributed by atoms with Crippen LogP contribution < -0.4 is 0 Å². The number of nitrogens with zero attached hydrogens (tertiary/aromatic N) is 1. The molecule has 0 spiro atoms. The molecule has 0 N–H and O–H groups in total. The molecular formula is C10H15NO4. The Labute approximate surface area is 88.6 Å². The van der Waals surface area contributed by atoms with E-state index in [2.05, 4.69) is 4.74 Å². The molecule has 1 aliphatic rings. The van der Waals surface area contributed by atoms with E-state index in [1.165, 1.54) is 7.11 Å². The minimum absolute atomic E-state index is 0.0787. The normalized spacial score (nSPS) is 16.2. The van der Waals surface area contributed by atoms with E-state index in [9.17, 15) is 9.59 Å². The molecular weight excluding hydrogens is 198 g/mol. The van der Waals surface area contributed by atoms with E-state index in [4.69, 9.17) is 4.74 Å². The number of allylic oxidation sites excluding steroid dienone is 1. The van der Waals surface area contributed by atoms with E-state index < -0.39 is 5.97 Å². The van der Waals surface area contributed by atoms with Crippen molar-refractivity contribution in [1.82, 2.24) is 4.90 Å². The largest absolute Gasteiger partial charge is 0.466 e. The second-order valence-electron chi connectivity index (χ2n) is 3.27. The molecule has 0 aromatic heterocycles. The van der Waals surface area contributed by atoms with E-state index in [0.717, 1.165) is 0 Å². The molecule has 5 heteroatoms. The van der Waals surface area contributed by atoms with E-state index in [-0.39, 0.29) is 12.3 Å². The first-order valence-electron chi connectivity index (χ1n) is 4.69. The van der Waals surface area contributed by atoms with Gasteiger partial charge in [-0.25, -0.2) is 4.79 Å². The first-order chi connectivity index (χ1) is 7.11. The van der Waals surface area contributed by atoms with Gasteiger partial charge in [0.2, 0.25) is 5.91 Å². The van der Waals surface area contributed by atoms with Gasteiger partial charge in [0.15, 0.2) is 0 Å². The van der Waals surface area contributed by atoms with Crippen LogP contribution in [0.1, 0.15) is 13.3 Å². The average molecular weight is 213 g/mol. The highest BCUT2D eigenvalue weighted by Gasteiger charge is 2.31. The van der Waals surface area contributed by atoms with Crippen molar-refractivity contribution in [3.8, 4) is 0 Å². The highest BCUT2D eigenvalue weighted by molar-refractivity contribution is 5.99. The molecule has 0 atom stereocenters. The zero-order chi connectivity index (χ0) is 11.4. The van der Waals surface area contributed by atoms with Crippen molar-refractivity contribution in [2.45, 2.75) is 13.3 Å². The Morgan fingerprint density at radius 3 is 2.67 bits per heavy atom. The third-order valence-corrected chi connectivity index (χ3v) is 2.42. The van der Waals surface area contributed by atoms with Crippen molar-refractivity contribution in [2.75, 3.05) is 27.4 Å². The SMILES string of the molecule is COCCN1C(=O)CC(C(=O)OC)=C1C. The lowest BCUT2D eigenvalue weighted by atomic mass is 10.2. The van der Waals surface area contributed by atoms with Crippen molar-refractivity contribution >= 4 is 11.9 Å². The van der Waals surface area contributed by atoms with Crippen LogP contribution in [-0.4, -0.2) is 44.1 Å². The third kappa shape index (κ3) is 2.36. The lowest BCUT2D eigenvalue weighted by Gasteiger charge is -2.16. The third-order valence-electron chi connectivity index (χ3n) is 2.42. The summed E-state index contributed by atoms with van der Waals surface area (Å²) in [6.07, 6.45) is 0.127. The smallest absolute Gasteiger partial charge is 0.336 e. The van der Waals surface area contributed by atoms with E-state index in [1.807, 2.05) is 0 Å². The average Bonchev–Trinajstić information content (AvgIpc) is 2.51. The summed E-state index contributed by atoms with van der Waals surface area (Å²) in [5.74, 6) is -0.509. The number of rotatable bonds is 4. The number of ether oxygens (including phenoxy) is 2. The molecule has 1 amide bonds. The lowest BCUT2D eigenvalue weighted by molar-refractivity contribution is -0.137. The Bertz CT molecular complexity index is 309. The van der Waals surface area contributed by atoms with Crippen LogP contribution in [0.3, 0.4) is 0 Å². The molecule has 0 aromatic rings. The number of esters is 1. The summed E-state index contributed by atoms with van der Waals surface area (Å²) in [5.41, 5.74) is 1.11. The van der Waals surface area contributed by atoms with Gasteiger partial charge in [-0.2, -0.15) is 0 Å². The molecule has 1 rings (SSSR count). The highest BCUT2D eigenvalue weighted by atomic mass is 16.5. The minimum atomic E-state index is -0.430. The summed E-state index contributed by atoms with van der Waals surface area (Å²) in [5, 5.41) is 0. The summed E-state index contributed by atoms with van der Waals surface area (Å²) in [6, 6.07) is 0. The summed E-state index contributed by atoms with van der Waals surface area (Å²) in [6.45, 7) is 2.67. The quantitative estimate of drug-likeness (QED) is 0.631. The van der Waals surface area contributed by atoms with Gasteiger partial charge in [-0.1, -0.05) is 0 Å². The molecule has 0 aliphatic carbocycles.